The number of furan rings is 3. The van der Waals surface area contributed by atoms with Crippen LogP contribution in [0.3, 0.4) is 0 Å². The summed E-state index contributed by atoms with van der Waals surface area (Å²) in [4.78, 5) is 39.5. The van der Waals surface area contributed by atoms with E-state index in [9.17, 15) is 0 Å². The minimum atomic E-state index is -2.32. The molecule has 0 atom stereocenters. The van der Waals surface area contributed by atoms with Crippen LogP contribution < -0.4 is 15.6 Å². The second kappa shape index (κ2) is 45.0. The van der Waals surface area contributed by atoms with Gasteiger partial charge in [-0.1, -0.05) is 215 Å². The monoisotopic (exact) mass is 2300 g/mol. The van der Waals surface area contributed by atoms with Crippen LogP contribution >= 0.6 is 0 Å². The van der Waals surface area contributed by atoms with E-state index in [0.29, 0.717) is 50.5 Å². The number of hydrogen-bond donors (Lipinski definition) is 0. The Labute approximate surface area is 831 Å². The van der Waals surface area contributed by atoms with Gasteiger partial charge in [0.1, 0.15) is 0 Å². The summed E-state index contributed by atoms with van der Waals surface area (Å²) in [7, 11) is -5.01. The molecule has 12 aromatic heterocycles. The van der Waals surface area contributed by atoms with Crippen molar-refractivity contribution in [1.29, 1.82) is 0 Å². The number of pyridine rings is 9. The van der Waals surface area contributed by atoms with E-state index in [4.69, 9.17) is 36.6 Å². The maximum Gasteiger partial charge on any atom is 0.216 e. The molecule has 0 unspecified atom stereocenters. The first-order chi connectivity index (χ1) is 66.7. The fourth-order valence-corrected chi connectivity index (χ4v) is 18.3. The summed E-state index contributed by atoms with van der Waals surface area (Å²) in [6.07, 6.45) is 6.49. The van der Waals surface area contributed by atoms with Gasteiger partial charge in [0.15, 0.2) is 0 Å². The fourth-order valence-electron chi connectivity index (χ4n) is 14.1. The maximum absolute atomic E-state index is 8.55. The van der Waals surface area contributed by atoms with E-state index >= 15 is 0 Å². The van der Waals surface area contributed by atoms with Crippen LogP contribution in [0.4, 0.5) is 0 Å². The molecule has 0 aliphatic heterocycles. The zero-order valence-electron chi connectivity index (χ0n) is 93.1. The number of aryl methyl sites for hydroxylation is 3. The number of hydrogen-bond acceptors (Lipinski definition) is 12. The topological polar surface area (TPSA) is 155 Å². The molecule has 0 aliphatic carbocycles. The summed E-state index contributed by atoms with van der Waals surface area (Å²) in [5.41, 5.74) is 16.5. The van der Waals surface area contributed by atoms with Gasteiger partial charge in [0.05, 0.1) is 41.0 Å². The molecule has 0 amide bonds. The summed E-state index contributed by atoms with van der Waals surface area (Å²) in [5.74, 6) is -1.72. The predicted octanol–water partition coefficient (Wildman–Crippen LogP) is 27.6. The molecule has 0 saturated carbocycles. The molecule has 6 aromatic carbocycles. The molecule has 0 bridgehead atoms. The number of aromatic nitrogens is 9. The van der Waals surface area contributed by atoms with E-state index in [0.717, 1.165) is 121 Å². The quantitative estimate of drug-likeness (QED) is 0.0629. The Balaban J connectivity index is 0.000000179. The zero-order chi connectivity index (χ0) is 104. The van der Waals surface area contributed by atoms with Gasteiger partial charge in [-0.25, -0.2) is 15.0 Å². The number of rotatable bonds is 17. The molecular weight excluding hydrogens is 2170 g/mol. The van der Waals surface area contributed by atoms with Crippen molar-refractivity contribution in [1.82, 2.24) is 44.9 Å². The van der Waals surface area contributed by atoms with E-state index in [1.165, 1.54) is 30.5 Å². The first kappa shape index (κ1) is 78.5. The molecular formula is C111H117Ir3N9O3Si3-6. The van der Waals surface area contributed by atoms with Crippen LogP contribution in [0.2, 0.25) is 58.9 Å². The Bertz CT molecular complexity index is 7090. The van der Waals surface area contributed by atoms with Crippen molar-refractivity contribution in [2.75, 3.05) is 0 Å². The molecule has 12 nitrogen and oxygen atoms in total. The van der Waals surface area contributed by atoms with Gasteiger partial charge >= 0.3 is 0 Å². The third kappa shape index (κ3) is 26.3. The molecule has 18 aromatic rings. The Morgan fingerprint density at radius 3 is 1.05 bits per heavy atom. The Hall–Kier alpha value is -10.3. The molecule has 18 rings (SSSR count). The standard InChI is InChI=1S/C22H21N2O.C18H13N2O.3C18H24NSi.C17H11N2O.3Ir/c1-13(2)15-9-10-23-20(12-15)16-5-8-21-18(11-16)17-6-7-19(14(3)4)24-22(17)25-21;1-11-7-8-19-16(9-11)13-4-6-17-15(10-13)14-5-3-12(2)20-18(14)21-17;3*1-14(2)11-16-12-17(15-9-7-6-8-10-15)19-13-18(16)20(3,4)5;1-11-5-7-13-14-10-12(15-4-2-3-9-18-15)6-8-16(14)20-17(13)19-11;;;/h6-14H,1-4H3;3,5-10H,1-2H3;3*6-9,12-14H,11H2,1-5H3;2-5,7-10H,1H3;;;/q6*-1;;;/i13D,14D;1D3,2D3;3*11D2;1D3;;;. The molecule has 0 aliphatic rings. The van der Waals surface area contributed by atoms with Gasteiger partial charge in [-0.2, -0.15) is 0 Å². The average molecular weight is 2300 g/mol. The van der Waals surface area contributed by atoms with E-state index in [2.05, 4.69) is 140 Å². The number of fused-ring (bicyclic) bond motifs is 9. The van der Waals surface area contributed by atoms with Gasteiger partial charge in [-0.3, -0.25) is 0 Å². The number of nitrogens with zero attached hydrogens (tertiary/aromatic N) is 9. The largest absolute Gasteiger partial charge is 0.486 e. The van der Waals surface area contributed by atoms with Crippen molar-refractivity contribution in [2.45, 2.75) is 180 Å². The zero-order valence-corrected chi connectivity index (χ0v) is 86.3. The van der Waals surface area contributed by atoms with E-state index in [-0.39, 0.29) is 101 Å². The van der Waals surface area contributed by atoms with Crippen LogP contribution in [0.1, 0.15) is 149 Å². The van der Waals surface area contributed by atoms with Crippen LogP contribution in [0.5, 0.6) is 0 Å². The van der Waals surface area contributed by atoms with Crippen LogP contribution in [-0.2, 0) is 79.4 Å². The van der Waals surface area contributed by atoms with Gasteiger partial charge in [0, 0.05) is 154 Å². The first-order valence-corrected chi connectivity index (χ1v) is 52.8. The predicted molar refractivity (Wildman–Crippen MR) is 533 cm³/mol. The summed E-state index contributed by atoms with van der Waals surface area (Å²) < 4.78 is 152. The smallest absolute Gasteiger partial charge is 0.216 e. The molecule has 0 spiro atoms. The van der Waals surface area contributed by atoms with Gasteiger partial charge in [0.2, 0.25) is 17.1 Å². The van der Waals surface area contributed by atoms with Gasteiger partial charge < -0.3 is 43.2 Å². The Morgan fingerprint density at radius 2 is 0.698 bits per heavy atom. The summed E-state index contributed by atoms with van der Waals surface area (Å²) in [6, 6.07) is 81.4. The summed E-state index contributed by atoms with van der Waals surface area (Å²) in [5, 5.41) is 8.19. The van der Waals surface area contributed by atoms with Crippen molar-refractivity contribution in [2.24, 2.45) is 17.8 Å². The minimum Gasteiger partial charge on any atom is -0.486 e. The van der Waals surface area contributed by atoms with E-state index in [1.54, 1.807) is 48.8 Å². The molecule has 669 valence electrons. The second-order valence-electron chi connectivity index (χ2n) is 35.2. The summed E-state index contributed by atoms with van der Waals surface area (Å²) in [6.45, 7) is 32.3. The number of benzene rings is 6. The van der Waals surface area contributed by atoms with Gasteiger partial charge in [0.25, 0.3) is 0 Å². The summed E-state index contributed by atoms with van der Waals surface area (Å²) >= 11 is 0. The van der Waals surface area contributed by atoms with Gasteiger partial charge in [-0.15, -0.1) is 179 Å². The van der Waals surface area contributed by atoms with E-state index in [1.807, 2.05) is 233 Å². The third-order valence-corrected chi connectivity index (χ3v) is 26.4. The molecule has 129 heavy (non-hydrogen) atoms. The first-order valence-electron chi connectivity index (χ1n) is 50.8. The molecule has 0 fully saturated rings. The van der Waals surface area contributed by atoms with Crippen LogP contribution in [-0.4, -0.2) is 69.1 Å². The van der Waals surface area contributed by atoms with Crippen LogP contribution in [0, 0.1) is 74.7 Å². The van der Waals surface area contributed by atoms with Crippen molar-refractivity contribution >= 4 is 106 Å². The van der Waals surface area contributed by atoms with E-state index < -0.39 is 75.7 Å². The van der Waals surface area contributed by atoms with Crippen LogP contribution in [0.15, 0.2) is 257 Å². The third-order valence-electron chi connectivity index (χ3n) is 20.3. The average Bonchev–Trinajstić information content (AvgIpc) is 1.61. The maximum atomic E-state index is 8.55. The van der Waals surface area contributed by atoms with Crippen molar-refractivity contribution in [3.8, 4) is 67.5 Å². The molecule has 0 saturated heterocycles. The van der Waals surface area contributed by atoms with Crippen molar-refractivity contribution in [3.63, 3.8) is 0 Å². The molecule has 0 N–H and O–H groups in total. The molecule has 18 heteroatoms. The normalized spacial score (nSPS) is 14.2. The SMILES string of the molecule is [2H]C(C)(C)c1ccnc(-c2[c-]cc3oc4nc(C([2H])(C)C)ccc4c3c2)c1.[2H]C([2H])([2H])c1ccc2c(n1)oc1c[c-]c(-c3ccccn3)cc12.[2H]C([2H])([2H])c1ccnc(-c2[c-]cc3oc4nc(C([2H])([2H])[2H])ccc4c3c2)c1.[2H]C([2H])(c1cc(-c2[c-]cccc2)ncc1[Si](C)(C)C)C(C)C.[2H]C([2H])(c1cc(-c2[c-]cccc2)ncc1[Si](C)(C)C)C(C)C.[2H]C([2H])(c1cc(-c2[c-]cccc2)ncc1[Si](C)(C)C)C(C)C.[Ir].[Ir].[Ir]. The van der Waals surface area contributed by atoms with Gasteiger partial charge in [-0.05, 0) is 174 Å². The Kier molecular flexibility index (Phi) is 27.4. The second-order valence-corrected chi connectivity index (χ2v) is 50.3. The van der Waals surface area contributed by atoms with Crippen molar-refractivity contribution < 1.29 is 96.9 Å². The molecule has 3 radical (unpaired) electrons. The minimum absolute atomic E-state index is 0. The fraction of sp³-hybridized carbons (Fsp3) is 0.270. The molecule has 12 heterocycles. The van der Waals surface area contributed by atoms with Crippen LogP contribution in [0.25, 0.3) is 134 Å². The Morgan fingerprint density at radius 1 is 0.333 bits per heavy atom. The van der Waals surface area contributed by atoms with Crippen molar-refractivity contribution in [3.05, 3.63) is 325 Å².